The summed E-state index contributed by atoms with van der Waals surface area (Å²) in [5.41, 5.74) is 4.17. The minimum absolute atomic E-state index is 0.0594. The molecule has 0 unspecified atom stereocenters. The molecular weight excluding hydrogens is 324 g/mol. The van der Waals surface area contributed by atoms with Gasteiger partial charge in [0, 0.05) is 4.47 Å². The molecule has 0 aliphatic heterocycles. The molecule has 0 heterocycles. The van der Waals surface area contributed by atoms with Gasteiger partial charge in [-0.1, -0.05) is 15.9 Å². The molecule has 0 saturated carbocycles. The maximum absolute atomic E-state index is 11.7. The molecule has 8 heteroatoms. The lowest BCUT2D eigenvalue weighted by atomic mass is 10.4. The van der Waals surface area contributed by atoms with Crippen LogP contribution in [-0.2, 0) is 19.4 Å². The number of benzene rings is 1. The second-order valence-electron chi connectivity index (χ2n) is 2.81. The minimum atomic E-state index is -3.78. The summed E-state index contributed by atoms with van der Waals surface area (Å²) >= 11 is 3.20. The predicted octanol–water partition coefficient (Wildman–Crippen LogP) is 1.30. The summed E-state index contributed by atoms with van der Waals surface area (Å²) in [7, 11) is -3.78. The third-order valence-electron chi connectivity index (χ3n) is 1.64. The number of ether oxygens (including phenoxy) is 1. The molecule has 6 nitrogen and oxygen atoms in total. The number of nitrogens with two attached hydrogens (primary N) is 1. The van der Waals surface area contributed by atoms with Crippen LogP contribution in [0, 0.1) is 5.41 Å². The van der Waals surface area contributed by atoms with E-state index in [4.69, 9.17) is 10.2 Å². The Morgan fingerprint density at radius 2 is 1.89 bits per heavy atom. The van der Waals surface area contributed by atoms with Crippen molar-refractivity contribution < 1.29 is 17.9 Å². The first-order chi connectivity index (χ1) is 8.39. The summed E-state index contributed by atoms with van der Waals surface area (Å²) in [5.74, 6) is 0. The highest BCUT2D eigenvalue weighted by atomic mass is 79.9. The van der Waals surface area contributed by atoms with Gasteiger partial charge in [0.15, 0.2) is 0 Å². The molecule has 0 aliphatic rings. The number of amides is 1. The van der Waals surface area contributed by atoms with Gasteiger partial charge in [-0.15, -0.1) is 0 Å². The highest BCUT2D eigenvalue weighted by Crippen LogP contribution is 2.16. The Kier molecular flexibility index (Phi) is 7.21. The van der Waals surface area contributed by atoms with Crippen molar-refractivity contribution in [1.29, 1.82) is 5.41 Å². The van der Waals surface area contributed by atoms with Crippen LogP contribution in [0.4, 0.5) is 0 Å². The second kappa shape index (κ2) is 7.83. The molecule has 1 aromatic carbocycles. The van der Waals surface area contributed by atoms with Crippen LogP contribution in [0.3, 0.4) is 0 Å². The minimum Gasteiger partial charge on any atom is -0.470 e. The van der Waals surface area contributed by atoms with E-state index in [2.05, 4.69) is 26.4 Å². The first-order valence-corrected chi connectivity index (χ1v) is 7.05. The van der Waals surface area contributed by atoms with E-state index in [0.717, 1.165) is 4.47 Å². The molecule has 0 saturated heterocycles. The van der Waals surface area contributed by atoms with Gasteiger partial charge in [-0.3, -0.25) is 10.2 Å². The number of carbonyl (C=O) groups is 1. The summed E-state index contributed by atoms with van der Waals surface area (Å²) in [6, 6.07) is 6.05. The Hall–Kier alpha value is -1.41. The first kappa shape index (κ1) is 16.6. The van der Waals surface area contributed by atoms with Crippen molar-refractivity contribution in [2.45, 2.75) is 11.8 Å². The first-order valence-electron chi connectivity index (χ1n) is 4.77. The third-order valence-corrected chi connectivity index (χ3v) is 3.67. The fourth-order valence-corrected chi connectivity index (χ4v) is 2.18. The van der Waals surface area contributed by atoms with Crippen molar-refractivity contribution in [3.05, 3.63) is 28.7 Å². The topological polar surface area (TPSA) is 110 Å². The monoisotopic (exact) mass is 336 g/mol. The zero-order valence-electron chi connectivity index (χ0n) is 9.59. The largest absolute Gasteiger partial charge is 0.470 e. The lowest BCUT2D eigenvalue weighted by Gasteiger charge is -2.05. The van der Waals surface area contributed by atoms with E-state index in [9.17, 15) is 8.42 Å². The van der Waals surface area contributed by atoms with Gasteiger partial charge in [-0.2, -0.15) is 0 Å². The summed E-state index contributed by atoms with van der Waals surface area (Å²) in [6.07, 6.45) is 0.250. The number of hydrogen-bond donors (Lipinski definition) is 2. The van der Waals surface area contributed by atoms with E-state index < -0.39 is 15.1 Å². The van der Waals surface area contributed by atoms with Crippen LogP contribution < -0.4 is 5.73 Å². The quantitative estimate of drug-likeness (QED) is 0.481. The van der Waals surface area contributed by atoms with E-state index >= 15 is 0 Å². The van der Waals surface area contributed by atoms with Crippen LogP contribution in [0.2, 0.25) is 0 Å². The fourth-order valence-electron chi connectivity index (χ4n) is 0.929. The van der Waals surface area contributed by atoms with Gasteiger partial charge >= 0.3 is 5.23 Å². The van der Waals surface area contributed by atoms with Crippen molar-refractivity contribution in [2.24, 2.45) is 5.73 Å². The molecule has 1 aromatic rings. The van der Waals surface area contributed by atoms with Crippen LogP contribution in [-0.4, -0.2) is 26.7 Å². The van der Waals surface area contributed by atoms with Crippen molar-refractivity contribution in [3.63, 3.8) is 0 Å². The van der Waals surface area contributed by atoms with Crippen molar-refractivity contribution in [3.8, 4) is 0 Å². The predicted molar refractivity (Wildman–Crippen MR) is 70.9 cm³/mol. The van der Waals surface area contributed by atoms with Crippen molar-refractivity contribution >= 4 is 37.4 Å². The number of halogens is 1. The van der Waals surface area contributed by atoms with E-state index in [1.54, 1.807) is 19.1 Å². The highest BCUT2D eigenvalue weighted by Gasteiger charge is 2.22. The molecule has 18 heavy (non-hydrogen) atoms. The van der Waals surface area contributed by atoms with E-state index in [0.29, 0.717) is 0 Å². The number of rotatable bonds is 2. The summed E-state index contributed by atoms with van der Waals surface area (Å²) in [5, 5.41) is 6.55. The van der Waals surface area contributed by atoms with Gasteiger partial charge in [0.2, 0.25) is 6.41 Å². The molecule has 0 fully saturated rings. The smallest absolute Gasteiger partial charge is 0.307 e. The Labute approximate surface area is 114 Å². The molecular formula is C10H13BrN2O4S. The molecule has 1 rings (SSSR count). The highest BCUT2D eigenvalue weighted by molar-refractivity contribution is 9.10. The number of nitrogens with one attached hydrogen (secondary N) is 1. The number of carbonyl (C=O) groups excluding carboxylic acids is 1. The summed E-state index contributed by atoms with van der Waals surface area (Å²) in [6.45, 7) is 1.79. The summed E-state index contributed by atoms with van der Waals surface area (Å²) in [4.78, 5) is 8.64. The van der Waals surface area contributed by atoms with E-state index in [1.165, 1.54) is 12.1 Å². The van der Waals surface area contributed by atoms with Crippen molar-refractivity contribution in [2.75, 3.05) is 6.61 Å². The van der Waals surface area contributed by atoms with Gasteiger partial charge in [-0.25, -0.2) is 8.42 Å². The molecule has 0 radical (unpaired) electrons. The average molecular weight is 337 g/mol. The third kappa shape index (κ3) is 4.84. The maximum atomic E-state index is 11.7. The van der Waals surface area contributed by atoms with Gasteiger partial charge in [0.1, 0.15) is 0 Å². The zero-order chi connectivity index (χ0) is 14.2. The fraction of sp³-hybridized carbons (Fsp3) is 0.200. The van der Waals surface area contributed by atoms with Gasteiger partial charge in [-0.05, 0) is 31.2 Å². The Bertz CT molecular complexity index is 499. The molecule has 1 amide bonds. The van der Waals surface area contributed by atoms with Gasteiger partial charge < -0.3 is 10.5 Å². The van der Waals surface area contributed by atoms with Gasteiger partial charge in [0.05, 0.1) is 11.5 Å². The lowest BCUT2D eigenvalue weighted by molar-refractivity contribution is -0.106. The van der Waals surface area contributed by atoms with Crippen molar-refractivity contribution in [1.82, 2.24) is 0 Å². The SMILES string of the molecule is CCOC(=N)S(=O)(=O)c1ccc(Br)cc1.NC=O. The molecule has 0 aromatic heterocycles. The van der Waals surface area contributed by atoms with Crippen LogP contribution in [0.15, 0.2) is 33.6 Å². The summed E-state index contributed by atoms with van der Waals surface area (Å²) < 4.78 is 28.8. The number of hydrogen-bond acceptors (Lipinski definition) is 5. The van der Waals surface area contributed by atoms with Crippen LogP contribution >= 0.6 is 15.9 Å². The van der Waals surface area contributed by atoms with E-state index in [1.807, 2.05) is 0 Å². The number of primary amides is 1. The Morgan fingerprint density at radius 3 is 2.28 bits per heavy atom. The Morgan fingerprint density at radius 1 is 1.44 bits per heavy atom. The lowest BCUT2D eigenvalue weighted by Crippen LogP contribution is -2.17. The second-order valence-corrected chi connectivity index (χ2v) is 5.58. The van der Waals surface area contributed by atoms with Crippen LogP contribution in [0.25, 0.3) is 0 Å². The van der Waals surface area contributed by atoms with Crippen LogP contribution in [0.5, 0.6) is 0 Å². The Balaban J connectivity index is 0.000000873. The van der Waals surface area contributed by atoms with E-state index in [-0.39, 0.29) is 17.9 Å². The molecule has 0 spiro atoms. The standard InChI is InChI=1S/C9H10BrNO3S.CH3NO/c1-2-14-9(11)15(12,13)8-5-3-7(10)4-6-8;2-1-3/h3-6,11H,2H2,1H3;1H,(H2,2,3). The maximum Gasteiger partial charge on any atom is 0.307 e. The molecule has 0 bridgehead atoms. The molecule has 3 N–H and O–H groups in total. The van der Waals surface area contributed by atoms with Crippen LogP contribution in [0.1, 0.15) is 6.92 Å². The zero-order valence-corrected chi connectivity index (χ0v) is 12.0. The normalized spacial score (nSPS) is 9.89. The van der Waals surface area contributed by atoms with Gasteiger partial charge in [0.25, 0.3) is 9.84 Å². The number of sulfone groups is 1. The molecule has 0 aliphatic carbocycles. The molecule has 0 atom stereocenters. The average Bonchev–Trinajstić information content (AvgIpc) is 2.31. The molecule has 100 valence electrons.